The molecule has 1 atom stereocenters. The van der Waals surface area contributed by atoms with Crippen LogP contribution in [-0.2, 0) is 16.2 Å². The van der Waals surface area contributed by atoms with Crippen LogP contribution in [0.15, 0.2) is 93.4 Å². The number of hydrogen-bond donors (Lipinski definition) is 1. The molecule has 0 saturated carbocycles. The van der Waals surface area contributed by atoms with Crippen molar-refractivity contribution in [2.24, 2.45) is 5.92 Å². The molecular weight excluding hydrogens is 613 g/mol. The molecule has 6 nitrogen and oxygen atoms in total. The zero-order chi connectivity index (χ0) is 31.7. The molecule has 2 heterocycles. The summed E-state index contributed by atoms with van der Waals surface area (Å²) in [5.41, 5.74) is 6.84. The van der Waals surface area contributed by atoms with E-state index in [-0.39, 0.29) is 6.42 Å². The molecule has 3 aliphatic rings. The monoisotopic (exact) mass is 656 g/mol. The first-order valence-electron chi connectivity index (χ1n) is 16.9. The van der Waals surface area contributed by atoms with Crippen LogP contribution < -0.4 is 14.7 Å². The fourth-order valence-electron chi connectivity index (χ4n) is 6.84. The van der Waals surface area contributed by atoms with Crippen LogP contribution in [0.1, 0.15) is 82.1 Å². The molecule has 0 amide bonds. The van der Waals surface area contributed by atoms with Crippen molar-refractivity contribution in [1.82, 2.24) is 0 Å². The number of carboxylic acid groups (broad SMARTS) is 1. The van der Waals surface area contributed by atoms with Crippen LogP contribution in [0.4, 0.5) is 5.69 Å². The number of thiazole rings is 1. The Bertz CT molecular complexity index is 1650. The lowest BCUT2D eigenvalue weighted by Gasteiger charge is -2.28. The molecule has 242 valence electrons. The second kappa shape index (κ2) is 16.1. The van der Waals surface area contributed by atoms with Crippen LogP contribution in [0.5, 0.6) is 0 Å². The lowest BCUT2D eigenvalue weighted by molar-refractivity contribution is -0.689. The van der Waals surface area contributed by atoms with E-state index in [0.29, 0.717) is 12.5 Å². The number of aryl methyl sites for hydroxylation is 1. The summed E-state index contributed by atoms with van der Waals surface area (Å²) < 4.78 is 3.73. The normalized spacial score (nSPS) is 19.4. The largest absolute Gasteiger partial charge is 0.723 e. The average Bonchev–Trinajstić information content (AvgIpc) is 3.59. The minimum absolute atomic E-state index is 0.247. The summed E-state index contributed by atoms with van der Waals surface area (Å²) in [6.07, 6.45) is 21.3. The minimum atomic E-state index is -0.709. The number of nitrogens with zero attached hydrogens (tertiary/aromatic N) is 2. The molecule has 2 aliphatic carbocycles. The number of carboxylic acids is 1. The predicted molar refractivity (Wildman–Crippen MR) is 186 cm³/mol. The van der Waals surface area contributed by atoms with Gasteiger partial charge >= 0.3 is 5.97 Å². The van der Waals surface area contributed by atoms with Crippen LogP contribution >= 0.6 is 23.1 Å². The number of aliphatic carboxylic acids is 1. The minimum Gasteiger partial charge on any atom is -0.723 e. The number of anilines is 1. The summed E-state index contributed by atoms with van der Waals surface area (Å²) in [7, 11) is 0. The van der Waals surface area contributed by atoms with Gasteiger partial charge in [0.2, 0.25) is 5.52 Å². The Morgan fingerprint density at radius 1 is 0.957 bits per heavy atom. The van der Waals surface area contributed by atoms with Crippen LogP contribution in [0, 0.1) is 5.92 Å². The topological polar surface area (TPSA) is 76.7 Å². The molecule has 0 fully saturated rings. The molecule has 46 heavy (non-hydrogen) atoms. The lowest BCUT2D eigenvalue weighted by Crippen LogP contribution is -2.35. The smallest absolute Gasteiger partial charge is 0.303 e. The molecule has 1 N–H and O–H groups in total. The van der Waals surface area contributed by atoms with E-state index in [1.165, 1.54) is 60.4 Å². The third-order valence-corrected chi connectivity index (χ3v) is 11.5. The zero-order valence-electron chi connectivity index (χ0n) is 26.5. The number of thioether (sulfide) groups is 1. The van der Waals surface area contributed by atoms with Gasteiger partial charge in [0.25, 0.3) is 5.01 Å². The lowest BCUT2D eigenvalue weighted by atomic mass is 9.77. The molecular formula is C38H44N2O4S2. The van der Waals surface area contributed by atoms with E-state index in [1.54, 1.807) is 0 Å². The van der Waals surface area contributed by atoms with E-state index < -0.39 is 5.97 Å². The van der Waals surface area contributed by atoms with Crippen molar-refractivity contribution in [3.05, 3.63) is 93.5 Å². The summed E-state index contributed by atoms with van der Waals surface area (Å²) in [5.74, 6) is -0.0790. The van der Waals surface area contributed by atoms with Crippen molar-refractivity contribution in [2.45, 2.75) is 88.5 Å². The van der Waals surface area contributed by atoms with E-state index >= 15 is 0 Å². The van der Waals surface area contributed by atoms with E-state index in [2.05, 4.69) is 87.2 Å². The number of fused-ring (bicyclic) bond motifs is 3. The molecule has 6 rings (SSSR count). The fourth-order valence-corrected chi connectivity index (χ4v) is 9.17. The number of aromatic nitrogens is 1. The van der Waals surface area contributed by atoms with Crippen molar-refractivity contribution >= 4 is 51.0 Å². The number of rotatable bonds is 15. The van der Waals surface area contributed by atoms with Gasteiger partial charge in [0.05, 0.1) is 10.7 Å². The second-order valence-corrected chi connectivity index (χ2v) is 14.7. The van der Waals surface area contributed by atoms with Crippen LogP contribution in [0.3, 0.4) is 0 Å². The number of carbonyl (C=O) groups is 1. The molecule has 1 unspecified atom stereocenters. The average molecular weight is 657 g/mol. The number of benzene rings is 2. The molecule has 2 aromatic carbocycles. The Kier molecular flexibility index (Phi) is 11.5. The number of allylic oxidation sites excluding steroid dienone is 6. The fraction of sp³-hybridized carbons (Fsp3) is 0.421. The van der Waals surface area contributed by atoms with Crippen LogP contribution in [0.25, 0.3) is 16.3 Å². The Morgan fingerprint density at radius 3 is 2.65 bits per heavy atom. The molecule has 1 aliphatic heterocycles. The molecule has 0 saturated heterocycles. The van der Waals surface area contributed by atoms with Crippen molar-refractivity contribution < 1.29 is 24.6 Å². The second-order valence-electron chi connectivity index (χ2n) is 12.6. The van der Waals surface area contributed by atoms with Gasteiger partial charge < -0.3 is 20.2 Å². The highest BCUT2D eigenvalue weighted by atomic mass is 32.2. The molecule has 0 spiro atoms. The van der Waals surface area contributed by atoms with E-state index in [4.69, 9.17) is 5.11 Å². The van der Waals surface area contributed by atoms with Gasteiger partial charge in [0, 0.05) is 43.0 Å². The SMILES string of the molecule is O=C(O)CCCCC[n+]1c(/C=C2/C=C3C=C(/C=C4\Sc5ccccc5N4CCCCCCO[O-])CCC3CC2)sc2ccccc21. The Balaban J connectivity index is 1.20. The standard InChI is InChI=1S/C38H44N2O4S2/c41-38(42)16-4-3-10-22-40-33-13-6-8-15-35(33)46-37(40)27-29-18-20-30-19-17-28(24-31(30)25-29)26-36-39(21-9-1-2-11-23-44-43)32-12-5-7-14-34(32)45-36/h5-8,12-15,24-27,30H,1-4,9-11,16-23H2,(H-,41,42,43). The van der Waals surface area contributed by atoms with Gasteiger partial charge in [-0.05, 0) is 98.3 Å². The first-order valence-corrected chi connectivity index (χ1v) is 18.5. The molecule has 0 radical (unpaired) electrons. The Morgan fingerprint density at radius 2 is 1.76 bits per heavy atom. The summed E-state index contributed by atoms with van der Waals surface area (Å²) in [5, 5.41) is 21.9. The first kappa shape index (κ1) is 32.8. The Hall–Kier alpha value is -3.17. The van der Waals surface area contributed by atoms with Gasteiger partial charge in [-0.15, -0.1) is 0 Å². The summed E-state index contributed by atoms with van der Waals surface area (Å²) in [4.78, 5) is 18.7. The first-order chi connectivity index (χ1) is 22.6. The van der Waals surface area contributed by atoms with Crippen LogP contribution in [0.2, 0.25) is 0 Å². The maximum absolute atomic E-state index is 10.9. The molecule has 1 aromatic heterocycles. The van der Waals surface area contributed by atoms with Crippen LogP contribution in [-0.4, -0.2) is 24.2 Å². The predicted octanol–water partition coefficient (Wildman–Crippen LogP) is 8.58. The van der Waals surface area contributed by atoms with Crippen molar-refractivity contribution in [3.8, 4) is 0 Å². The maximum atomic E-state index is 10.9. The van der Waals surface area contributed by atoms with Crippen molar-refractivity contribution in [3.63, 3.8) is 0 Å². The zero-order valence-corrected chi connectivity index (χ0v) is 28.1. The third kappa shape index (κ3) is 8.21. The highest BCUT2D eigenvalue weighted by molar-refractivity contribution is 8.03. The van der Waals surface area contributed by atoms with E-state index in [1.807, 2.05) is 23.1 Å². The van der Waals surface area contributed by atoms with Gasteiger partial charge in [-0.25, -0.2) is 0 Å². The van der Waals surface area contributed by atoms with Gasteiger partial charge in [-0.3, -0.25) is 4.79 Å². The van der Waals surface area contributed by atoms with Crippen molar-refractivity contribution in [1.29, 1.82) is 0 Å². The maximum Gasteiger partial charge on any atom is 0.303 e. The molecule has 3 aromatic rings. The molecule has 8 heteroatoms. The molecule has 0 bridgehead atoms. The number of hydrogen-bond acceptors (Lipinski definition) is 6. The van der Waals surface area contributed by atoms with E-state index in [9.17, 15) is 10.1 Å². The van der Waals surface area contributed by atoms with E-state index in [0.717, 1.165) is 70.9 Å². The van der Waals surface area contributed by atoms with Gasteiger partial charge in [-0.2, -0.15) is 4.57 Å². The van der Waals surface area contributed by atoms with Gasteiger partial charge in [0.1, 0.15) is 4.70 Å². The third-order valence-electron chi connectivity index (χ3n) is 9.26. The number of unbranched alkanes of at least 4 members (excludes halogenated alkanes) is 5. The summed E-state index contributed by atoms with van der Waals surface area (Å²) in [6.45, 7) is 2.19. The van der Waals surface area contributed by atoms with Gasteiger partial charge in [0.15, 0.2) is 6.54 Å². The summed E-state index contributed by atoms with van der Waals surface area (Å²) >= 11 is 3.73. The quantitative estimate of drug-likeness (QED) is 0.0765. The number of para-hydroxylation sites is 2. The van der Waals surface area contributed by atoms with Crippen molar-refractivity contribution in [2.75, 3.05) is 18.1 Å². The summed E-state index contributed by atoms with van der Waals surface area (Å²) in [6, 6.07) is 17.3. The van der Waals surface area contributed by atoms with Gasteiger partial charge in [-0.1, -0.05) is 72.4 Å². The highest BCUT2D eigenvalue weighted by Gasteiger charge is 2.27. The highest BCUT2D eigenvalue weighted by Crippen LogP contribution is 2.47. The Labute approximate surface area is 280 Å².